The van der Waals surface area contributed by atoms with Crippen molar-refractivity contribution in [2.45, 2.75) is 12.9 Å². The molecule has 2 rings (SSSR count). The molecular formula is C14H12F3NO. The molecule has 0 aliphatic rings. The minimum absolute atomic E-state index is 0.235. The molecule has 0 atom stereocenters. The van der Waals surface area contributed by atoms with Crippen molar-refractivity contribution in [2.75, 3.05) is 0 Å². The molecule has 0 aliphatic carbocycles. The van der Waals surface area contributed by atoms with Crippen molar-refractivity contribution < 1.29 is 17.9 Å². The first-order chi connectivity index (χ1) is 8.99. The fraction of sp³-hybridized carbons (Fsp3) is 0.143. The first-order valence-electron chi connectivity index (χ1n) is 5.64. The summed E-state index contributed by atoms with van der Waals surface area (Å²) in [6.45, 7) is 0.372. The van der Waals surface area contributed by atoms with E-state index < -0.39 is 6.36 Å². The van der Waals surface area contributed by atoms with Gasteiger partial charge in [-0.2, -0.15) is 0 Å². The molecule has 0 fully saturated rings. The Balaban J connectivity index is 2.27. The summed E-state index contributed by atoms with van der Waals surface area (Å²) in [5.41, 5.74) is 8.27. The van der Waals surface area contributed by atoms with Gasteiger partial charge in [0, 0.05) is 6.54 Å². The minimum Gasteiger partial charge on any atom is -0.406 e. The first-order valence-corrected chi connectivity index (χ1v) is 5.64. The summed E-state index contributed by atoms with van der Waals surface area (Å²) in [6.07, 6.45) is -4.67. The number of nitrogens with two attached hydrogens (primary N) is 1. The highest BCUT2D eigenvalue weighted by atomic mass is 19.4. The zero-order valence-corrected chi connectivity index (χ0v) is 9.95. The summed E-state index contributed by atoms with van der Waals surface area (Å²) in [7, 11) is 0. The molecule has 2 aromatic rings. The average Bonchev–Trinajstić information content (AvgIpc) is 2.38. The van der Waals surface area contributed by atoms with E-state index >= 15 is 0 Å². The number of benzene rings is 2. The molecular weight excluding hydrogens is 255 g/mol. The van der Waals surface area contributed by atoms with Crippen LogP contribution in [0.15, 0.2) is 48.5 Å². The molecule has 0 spiro atoms. The van der Waals surface area contributed by atoms with Gasteiger partial charge in [0.1, 0.15) is 5.75 Å². The highest BCUT2D eigenvalue weighted by Crippen LogP contribution is 2.28. The van der Waals surface area contributed by atoms with Crippen molar-refractivity contribution in [3.8, 4) is 16.9 Å². The second-order valence-electron chi connectivity index (χ2n) is 3.93. The number of alkyl halides is 3. The third-order valence-corrected chi connectivity index (χ3v) is 2.64. The van der Waals surface area contributed by atoms with Gasteiger partial charge >= 0.3 is 6.36 Å². The predicted octanol–water partition coefficient (Wildman–Crippen LogP) is 3.71. The van der Waals surface area contributed by atoms with E-state index in [9.17, 15) is 13.2 Å². The fourth-order valence-corrected chi connectivity index (χ4v) is 1.82. The maximum absolute atomic E-state index is 12.0. The molecule has 0 unspecified atom stereocenters. The van der Waals surface area contributed by atoms with E-state index in [0.29, 0.717) is 6.54 Å². The summed E-state index contributed by atoms with van der Waals surface area (Å²) in [5.74, 6) is -0.235. The van der Waals surface area contributed by atoms with Crippen LogP contribution in [0.4, 0.5) is 13.2 Å². The van der Waals surface area contributed by atoms with E-state index in [2.05, 4.69) is 4.74 Å². The van der Waals surface area contributed by atoms with Crippen LogP contribution in [0.5, 0.6) is 5.75 Å². The summed E-state index contributed by atoms with van der Waals surface area (Å²) >= 11 is 0. The number of ether oxygens (including phenoxy) is 1. The van der Waals surface area contributed by atoms with E-state index in [1.807, 2.05) is 24.3 Å². The minimum atomic E-state index is -4.67. The Kier molecular flexibility index (Phi) is 3.76. The van der Waals surface area contributed by atoms with Crippen LogP contribution in [0.3, 0.4) is 0 Å². The van der Waals surface area contributed by atoms with Gasteiger partial charge in [0.05, 0.1) is 0 Å². The average molecular weight is 267 g/mol. The van der Waals surface area contributed by atoms with Crippen LogP contribution in [0.1, 0.15) is 5.56 Å². The van der Waals surface area contributed by atoms with E-state index in [1.165, 1.54) is 12.1 Å². The Labute approximate surface area is 108 Å². The molecule has 5 heteroatoms. The lowest BCUT2D eigenvalue weighted by atomic mass is 10.00. The molecule has 0 amide bonds. The molecule has 0 aliphatic heterocycles. The fourth-order valence-electron chi connectivity index (χ4n) is 1.82. The van der Waals surface area contributed by atoms with Crippen molar-refractivity contribution in [2.24, 2.45) is 5.73 Å². The highest BCUT2D eigenvalue weighted by Gasteiger charge is 2.30. The van der Waals surface area contributed by atoms with Crippen LogP contribution in [-0.4, -0.2) is 6.36 Å². The van der Waals surface area contributed by atoms with Gasteiger partial charge in [-0.25, -0.2) is 0 Å². The van der Waals surface area contributed by atoms with Crippen molar-refractivity contribution in [1.82, 2.24) is 0 Å². The summed E-state index contributed by atoms with van der Waals surface area (Å²) in [4.78, 5) is 0. The Bertz CT molecular complexity index is 549. The monoisotopic (exact) mass is 267 g/mol. The molecule has 2 N–H and O–H groups in total. The van der Waals surface area contributed by atoms with Gasteiger partial charge in [-0.15, -0.1) is 13.2 Å². The second-order valence-corrected chi connectivity index (χ2v) is 3.93. The molecule has 100 valence electrons. The Morgan fingerprint density at radius 3 is 2.16 bits per heavy atom. The van der Waals surface area contributed by atoms with E-state index in [1.54, 1.807) is 12.1 Å². The van der Waals surface area contributed by atoms with Crippen LogP contribution in [0, 0.1) is 0 Å². The first kappa shape index (κ1) is 13.4. The maximum atomic E-state index is 12.0. The van der Waals surface area contributed by atoms with Crippen LogP contribution in [-0.2, 0) is 6.54 Å². The van der Waals surface area contributed by atoms with Crippen LogP contribution in [0.25, 0.3) is 11.1 Å². The van der Waals surface area contributed by atoms with Gasteiger partial charge in [-0.1, -0.05) is 36.4 Å². The molecule has 0 saturated heterocycles. The molecule has 2 aromatic carbocycles. The van der Waals surface area contributed by atoms with E-state index in [4.69, 9.17) is 5.73 Å². The van der Waals surface area contributed by atoms with E-state index in [0.717, 1.165) is 16.7 Å². The standard InChI is InChI=1S/C14H12F3NO/c15-14(16,17)19-12-7-5-10(6-8-12)13-4-2-1-3-11(13)9-18/h1-8H,9,18H2. The smallest absolute Gasteiger partial charge is 0.406 e. The molecule has 0 saturated carbocycles. The second kappa shape index (κ2) is 5.32. The number of hydrogen-bond donors (Lipinski definition) is 1. The molecule has 0 heterocycles. The van der Waals surface area contributed by atoms with Crippen molar-refractivity contribution in [3.63, 3.8) is 0 Å². The Morgan fingerprint density at radius 1 is 0.947 bits per heavy atom. The molecule has 0 bridgehead atoms. The Morgan fingerprint density at radius 2 is 1.58 bits per heavy atom. The lowest BCUT2D eigenvalue weighted by Gasteiger charge is -2.11. The SMILES string of the molecule is NCc1ccccc1-c1ccc(OC(F)(F)F)cc1. The third kappa shape index (κ3) is 3.48. The van der Waals surface area contributed by atoms with Crippen LogP contribution >= 0.6 is 0 Å². The molecule has 2 nitrogen and oxygen atoms in total. The van der Waals surface area contributed by atoms with Gasteiger partial charge in [-0.3, -0.25) is 0 Å². The zero-order valence-electron chi connectivity index (χ0n) is 9.95. The highest BCUT2D eigenvalue weighted by molar-refractivity contribution is 5.67. The van der Waals surface area contributed by atoms with Gasteiger partial charge < -0.3 is 10.5 Å². The van der Waals surface area contributed by atoms with Gasteiger partial charge in [0.15, 0.2) is 0 Å². The Hall–Kier alpha value is -2.01. The van der Waals surface area contributed by atoms with Crippen molar-refractivity contribution in [1.29, 1.82) is 0 Å². The topological polar surface area (TPSA) is 35.2 Å². The third-order valence-electron chi connectivity index (χ3n) is 2.64. The lowest BCUT2D eigenvalue weighted by Crippen LogP contribution is -2.16. The summed E-state index contributed by atoms with van der Waals surface area (Å²) in [6, 6.07) is 13.2. The van der Waals surface area contributed by atoms with Gasteiger partial charge in [0.2, 0.25) is 0 Å². The van der Waals surface area contributed by atoms with Gasteiger partial charge in [-0.05, 0) is 28.8 Å². The number of rotatable bonds is 3. The largest absolute Gasteiger partial charge is 0.573 e. The normalized spacial score (nSPS) is 11.4. The van der Waals surface area contributed by atoms with Crippen molar-refractivity contribution >= 4 is 0 Å². The molecule has 0 aromatic heterocycles. The number of hydrogen-bond acceptors (Lipinski definition) is 2. The van der Waals surface area contributed by atoms with Crippen LogP contribution in [0.2, 0.25) is 0 Å². The maximum Gasteiger partial charge on any atom is 0.573 e. The molecule has 19 heavy (non-hydrogen) atoms. The van der Waals surface area contributed by atoms with Crippen molar-refractivity contribution in [3.05, 3.63) is 54.1 Å². The van der Waals surface area contributed by atoms with Gasteiger partial charge in [0.25, 0.3) is 0 Å². The summed E-state index contributed by atoms with van der Waals surface area (Å²) in [5, 5.41) is 0. The molecule has 0 radical (unpaired) electrons. The predicted molar refractivity (Wildman–Crippen MR) is 66.5 cm³/mol. The van der Waals surface area contributed by atoms with Crippen LogP contribution < -0.4 is 10.5 Å². The quantitative estimate of drug-likeness (QED) is 0.920. The number of halogens is 3. The summed E-state index contributed by atoms with van der Waals surface area (Å²) < 4.78 is 40.0. The van der Waals surface area contributed by atoms with E-state index in [-0.39, 0.29) is 5.75 Å². The zero-order chi connectivity index (χ0) is 13.9. The lowest BCUT2D eigenvalue weighted by molar-refractivity contribution is -0.274.